The second kappa shape index (κ2) is 8.15. The number of nitrogens with one attached hydrogen (secondary N) is 2. The van der Waals surface area contributed by atoms with E-state index in [1.165, 1.54) is 0 Å². The van der Waals surface area contributed by atoms with E-state index in [1.54, 1.807) is 19.5 Å². The Balaban J connectivity index is 2.08. The predicted octanol–water partition coefficient (Wildman–Crippen LogP) is 0.191. The lowest BCUT2D eigenvalue weighted by Gasteiger charge is -2.14. The third-order valence-corrected chi connectivity index (χ3v) is 2.23. The Morgan fingerprint density at radius 1 is 1.44 bits per heavy atom. The molecular formula is C11H20N4O. The van der Waals surface area contributed by atoms with E-state index in [0.29, 0.717) is 6.04 Å². The molecule has 0 radical (unpaired) electrons. The molecule has 5 heteroatoms. The van der Waals surface area contributed by atoms with Gasteiger partial charge in [0.15, 0.2) is 0 Å². The Morgan fingerprint density at radius 2 is 2.31 bits per heavy atom. The summed E-state index contributed by atoms with van der Waals surface area (Å²) in [6.45, 7) is 5.54. The van der Waals surface area contributed by atoms with Crippen molar-refractivity contribution in [3.63, 3.8) is 0 Å². The van der Waals surface area contributed by atoms with Gasteiger partial charge in [-0.05, 0) is 18.6 Å². The fourth-order valence-electron chi connectivity index (χ4n) is 1.28. The van der Waals surface area contributed by atoms with Crippen molar-refractivity contribution < 1.29 is 4.74 Å². The molecule has 0 fully saturated rings. The van der Waals surface area contributed by atoms with Gasteiger partial charge in [-0.2, -0.15) is 10.2 Å². The normalized spacial score (nSPS) is 12.6. The second-order valence-corrected chi connectivity index (χ2v) is 3.73. The molecule has 0 aromatic carbocycles. The van der Waals surface area contributed by atoms with E-state index < -0.39 is 0 Å². The first-order valence-corrected chi connectivity index (χ1v) is 5.51. The maximum absolute atomic E-state index is 4.95. The zero-order valence-electron chi connectivity index (χ0n) is 9.94. The van der Waals surface area contributed by atoms with Crippen LogP contribution in [0.15, 0.2) is 18.5 Å². The first kappa shape index (κ1) is 13.0. The van der Waals surface area contributed by atoms with Crippen molar-refractivity contribution in [1.29, 1.82) is 0 Å². The van der Waals surface area contributed by atoms with Crippen LogP contribution < -0.4 is 10.6 Å². The lowest BCUT2D eigenvalue weighted by Crippen LogP contribution is -2.37. The molecule has 16 heavy (non-hydrogen) atoms. The van der Waals surface area contributed by atoms with Gasteiger partial charge in [-0.25, -0.2) is 0 Å². The molecule has 1 rings (SSSR count). The quantitative estimate of drug-likeness (QED) is 0.617. The minimum Gasteiger partial charge on any atom is -0.383 e. The van der Waals surface area contributed by atoms with Crippen LogP contribution >= 0.6 is 0 Å². The standard InChI is InChI=1S/C11H20N4O/c1-10(7-12-5-6-16-2)13-8-11-3-4-14-15-9-11/h3-4,9-10,12-13H,5-8H2,1-2H3. The fraction of sp³-hybridized carbons (Fsp3) is 0.636. The van der Waals surface area contributed by atoms with Crippen LogP contribution in [-0.2, 0) is 11.3 Å². The Bertz CT molecular complexity index is 268. The Kier molecular flexibility index (Phi) is 6.64. The topological polar surface area (TPSA) is 59.1 Å². The zero-order chi connectivity index (χ0) is 11.6. The van der Waals surface area contributed by atoms with Gasteiger partial charge in [0.1, 0.15) is 0 Å². The molecule has 2 N–H and O–H groups in total. The molecular weight excluding hydrogens is 204 g/mol. The number of methoxy groups -OCH3 is 1. The molecule has 1 atom stereocenters. The van der Waals surface area contributed by atoms with E-state index in [0.717, 1.165) is 31.8 Å². The highest BCUT2D eigenvalue weighted by Gasteiger charge is 2.00. The summed E-state index contributed by atoms with van der Waals surface area (Å²) in [5, 5.41) is 14.3. The van der Waals surface area contributed by atoms with Crippen molar-refractivity contribution in [2.75, 3.05) is 26.8 Å². The van der Waals surface area contributed by atoms with E-state index in [1.807, 2.05) is 6.07 Å². The van der Waals surface area contributed by atoms with Crippen LogP contribution in [0, 0.1) is 0 Å². The second-order valence-electron chi connectivity index (χ2n) is 3.73. The largest absolute Gasteiger partial charge is 0.383 e. The van der Waals surface area contributed by atoms with Crippen LogP contribution in [-0.4, -0.2) is 43.0 Å². The molecule has 0 aliphatic heterocycles. The van der Waals surface area contributed by atoms with E-state index in [2.05, 4.69) is 27.8 Å². The van der Waals surface area contributed by atoms with Gasteiger partial charge in [0, 0.05) is 39.0 Å². The van der Waals surface area contributed by atoms with Crippen LogP contribution in [0.5, 0.6) is 0 Å². The number of hydrogen-bond acceptors (Lipinski definition) is 5. The maximum atomic E-state index is 4.95. The molecule has 0 saturated carbocycles. The molecule has 1 unspecified atom stereocenters. The van der Waals surface area contributed by atoms with Gasteiger partial charge in [-0.3, -0.25) is 0 Å². The Hall–Kier alpha value is -1.04. The molecule has 0 amide bonds. The highest BCUT2D eigenvalue weighted by Crippen LogP contribution is 1.93. The van der Waals surface area contributed by atoms with Crippen LogP contribution in [0.2, 0.25) is 0 Å². The fourth-order valence-corrected chi connectivity index (χ4v) is 1.28. The summed E-state index contributed by atoms with van der Waals surface area (Å²) in [4.78, 5) is 0. The smallest absolute Gasteiger partial charge is 0.0587 e. The maximum Gasteiger partial charge on any atom is 0.0587 e. The van der Waals surface area contributed by atoms with Crippen molar-refractivity contribution in [2.45, 2.75) is 19.5 Å². The van der Waals surface area contributed by atoms with Crippen molar-refractivity contribution in [3.8, 4) is 0 Å². The minimum absolute atomic E-state index is 0.421. The monoisotopic (exact) mass is 224 g/mol. The molecule has 0 spiro atoms. The van der Waals surface area contributed by atoms with E-state index in [-0.39, 0.29) is 0 Å². The average molecular weight is 224 g/mol. The van der Waals surface area contributed by atoms with E-state index in [9.17, 15) is 0 Å². The molecule has 5 nitrogen and oxygen atoms in total. The van der Waals surface area contributed by atoms with Gasteiger partial charge in [0.25, 0.3) is 0 Å². The van der Waals surface area contributed by atoms with Gasteiger partial charge in [-0.1, -0.05) is 0 Å². The van der Waals surface area contributed by atoms with Gasteiger partial charge in [0.05, 0.1) is 12.8 Å². The van der Waals surface area contributed by atoms with Crippen LogP contribution in [0.4, 0.5) is 0 Å². The van der Waals surface area contributed by atoms with Gasteiger partial charge in [-0.15, -0.1) is 0 Å². The molecule has 1 aromatic heterocycles. The lowest BCUT2D eigenvalue weighted by molar-refractivity contribution is 0.198. The predicted molar refractivity (Wildman–Crippen MR) is 63.1 cm³/mol. The van der Waals surface area contributed by atoms with Gasteiger partial charge in [0.2, 0.25) is 0 Å². The molecule has 1 heterocycles. The number of rotatable bonds is 8. The highest BCUT2D eigenvalue weighted by atomic mass is 16.5. The lowest BCUT2D eigenvalue weighted by atomic mass is 10.2. The third kappa shape index (κ3) is 5.75. The van der Waals surface area contributed by atoms with Crippen LogP contribution in [0.25, 0.3) is 0 Å². The SMILES string of the molecule is COCCNCC(C)NCc1ccnnc1. The number of aromatic nitrogens is 2. The summed E-state index contributed by atoms with van der Waals surface area (Å²) >= 11 is 0. The molecule has 0 bridgehead atoms. The molecule has 1 aromatic rings. The van der Waals surface area contributed by atoms with Crippen molar-refractivity contribution >= 4 is 0 Å². The summed E-state index contributed by atoms with van der Waals surface area (Å²) in [7, 11) is 1.71. The summed E-state index contributed by atoms with van der Waals surface area (Å²) in [5.41, 5.74) is 1.15. The summed E-state index contributed by atoms with van der Waals surface area (Å²) < 4.78 is 4.95. The van der Waals surface area contributed by atoms with E-state index >= 15 is 0 Å². The third-order valence-electron chi connectivity index (χ3n) is 2.23. The van der Waals surface area contributed by atoms with Crippen LogP contribution in [0.1, 0.15) is 12.5 Å². The minimum atomic E-state index is 0.421. The van der Waals surface area contributed by atoms with E-state index in [4.69, 9.17) is 4.74 Å². The number of ether oxygens (including phenoxy) is 1. The van der Waals surface area contributed by atoms with Gasteiger partial charge < -0.3 is 15.4 Å². The van der Waals surface area contributed by atoms with Crippen molar-refractivity contribution in [2.24, 2.45) is 0 Å². The Morgan fingerprint density at radius 3 is 3.00 bits per heavy atom. The molecule has 0 aliphatic carbocycles. The number of nitrogens with zero attached hydrogens (tertiary/aromatic N) is 2. The highest BCUT2D eigenvalue weighted by molar-refractivity contribution is 5.04. The average Bonchev–Trinajstić information content (AvgIpc) is 2.33. The summed E-state index contributed by atoms with van der Waals surface area (Å²) in [6, 6.07) is 2.38. The van der Waals surface area contributed by atoms with Crippen molar-refractivity contribution in [3.05, 3.63) is 24.0 Å². The molecule has 90 valence electrons. The van der Waals surface area contributed by atoms with Crippen molar-refractivity contribution in [1.82, 2.24) is 20.8 Å². The van der Waals surface area contributed by atoms with Gasteiger partial charge >= 0.3 is 0 Å². The summed E-state index contributed by atoms with van der Waals surface area (Å²) in [5.74, 6) is 0. The molecule has 0 aliphatic rings. The van der Waals surface area contributed by atoms with Crippen LogP contribution in [0.3, 0.4) is 0 Å². The zero-order valence-corrected chi connectivity index (χ0v) is 9.94. The first-order valence-electron chi connectivity index (χ1n) is 5.51. The Labute approximate surface area is 96.6 Å². The molecule has 0 saturated heterocycles. The first-order chi connectivity index (χ1) is 7.83. The summed E-state index contributed by atoms with van der Waals surface area (Å²) in [6.07, 6.45) is 3.48. The number of hydrogen-bond donors (Lipinski definition) is 2.